The van der Waals surface area contributed by atoms with Crippen molar-refractivity contribution in [3.8, 4) is 11.6 Å². The fourth-order valence-electron chi connectivity index (χ4n) is 4.02. The van der Waals surface area contributed by atoms with Crippen molar-refractivity contribution in [2.45, 2.75) is 32.1 Å². The molecule has 0 saturated carbocycles. The van der Waals surface area contributed by atoms with Crippen LogP contribution in [0.4, 0.5) is 0 Å². The van der Waals surface area contributed by atoms with Crippen LogP contribution in [-0.4, -0.2) is 57.8 Å². The number of amides is 2. The van der Waals surface area contributed by atoms with Gasteiger partial charge in [-0.3, -0.25) is 14.6 Å². The van der Waals surface area contributed by atoms with Crippen LogP contribution in [0, 0.1) is 5.92 Å². The SMILES string of the molecule is O=C1CCCCN1CC1CCN(C(=O)c2cccc(Oc3cnccn3)c2)CC1. The van der Waals surface area contributed by atoms with Crippen molar-refractivity contribution in [1.82, 2.24) is 19.8 Å². The van der Waals surface area contributed by atoms with E-state index in [1.54, 1.807) is 24.5 Å². The summed E-state index contributed by atoms with van der Waals surface area (Å²) in [4.78, 5) is 36.9. The lowest BCUT2D eigenvalue weighted by atomic mass is 9.94. The van der Waals surface area contributed by atoms with Crippen molar-refractivity contribution < 1.29 is 14.3 Å². The maximum Gasteiger partial charge on any atom is 0.253 e. The molecule has 1 aromatic heterocycles. The average Bonchev–Trinajstić information content (AvgIpc) is 2.76. The molecule has 2 saturated heterocycles. The molecule has 2 fully saturated rings. The Balaban J connectivity index is 1.32. The summed E-state index contributed by atoms with van der Waals surface area (Å²) < 4.78 is 5.69. The van der Waals surface area contributed by atoms with Crippen molar-refractivity contribution in [2.75, 3.05) is 26.2 Å². The Hall–Kier alpha value is -2.96. The highest BCUT2D eigenvalue weighted by molar-refractivity contribution is 5.94. The lowest BCUT2D eigenvalue weighted by Gasteiger charge is -2.36. The van der Waals surface area contributed by atoms with E-state index < -0.39 is 0 Å². The van der Waals surface area contributed by atoms with Crippen molar-refractivity contribution in [2.24, 2.45) is 5.92 Å². The summed E-state index contributed by atoms with van der Waals surface area (Å²) in [5.74, 6) is 1.74. The first-order chi connectivity index (χ1) is 14.2. The molecule has 0 unspecified atom stereocenters. The first-order valence-corrected chi connectivity index (χ1v) is 10.3. The minimum atomic E-state index is 0.0158. The number of piperidine rings is 2. The van der Waals surface area contributed by atoms with E-state index in [4.69, 9.17) is 4.74 Å². The standard InChI is InChI=1S/C22H26N4O3/c27-21-6-1-2-11-26(21)16-17-7-12-25(13-8-17)22(28)18-4-3-5-19(14-18)29-20-15-23-9-10-24-20/h3-5,9-10,14-15,17H,1-2,6-8,11-13,16H2. The molecule has 0 spiro atoms. The molecular formula is C22H26N4O3. The molecule has 0 aliphatic carbocycles. The zero-order chi connectivity index (χ0) is 20.1. The number of aromatic nitrogens is 2. The van der Waals surface area contributed by atoms with Gasteiger partial charge in [0, 0.05) is 50.6 Å². The van der Waals surface area contributed by atoms with Crippen LogP contribution in [0.3, 0.4) is 0 Å². The smallest absolute Gasteiger partial charge is 0.253 e. The zero-order valence-electron chi connectivity index (χ0n) is 16.5. The van der Waals surface area contributed by atoms with Crippen LogP contribution >= 0.6 is 0 Å². The lowest BCUT2D eigenvalue weighted by molar-refractivity contribution is -0.134. The molecule has 7 heteroatoms. The number of carbonyl (C=O) groups is 2. The molecule has 3 heterocycles. The van der Waals surface area contributed by atoms with Crippen LogP contribution in [0.25, 0.3) is 0 Å². The number of likely N-dealkylation sites (tertiary alicyclic amines) is 2. The Morgan fingerprint density at radius 1 is 1.14 bits per heavy atom. The summed E-state index contributed by atoms with van der Waals surface area (Å²) in [6.45, 7) is 3.17. The Kier molecular flexibility index (Phi) is 6.03. The molecule has 0 bridgehead atoms. The van der Waals surface area contributed by atoms with Gasteiger partial charge in [-0.1, -0.05) is 6.07 Å². The first-order valence-electron chi connectivity index (χ1n) is 10.3. The Bertz CT molecular complexity index is 850. The summed E-state index contributed by atoms with van der Waals surface area (Å²) in [6.07, 6.45) is 9.36. The Morgan fingerprint density at radius 3 is 2.76 bits per heavy atom. The molecule has 0 N–H and O–H groups in total. The lowest BCUT2D eigenvalue weighted by Crippen LogP contribution is -2.44. The second kappa shape index (κ2) is 9.03. The Labute approximate surface area is 170 Å². The summed E-state index contributed by atoms with van der Waals surface area (Å²) in [7, 11) is 0. The van der Waals surface area contributed by atoms with Crippen LogP contribution in [0.2, 0.25) is 0 Å². The molecule has 0 radical (unpaired) electrons. The number of hydrogen-bond donors (Lipinski definition) is 0. The minimum Gasteiger partial charge on any atom is -0.437 e. The third kappa shape index (κ3) is 4.91. The molecule has 2 aliphatic heterocycles. The zero-order valence-corrected chi connectivity index (χ0v) is 16.5. The molecular weight excluding hydrogens is 368 g/mol. The van der Waals surface area contributed by atoms with E-state index in [0.717, 1.165) is 51.9 Å². The van der Waals surface area contributed by atoms with Gasteiger partial charge in [-0.05, 0) is 49.8 Å². The van der Waals surface area contributed by atoms with Gasteiger partial charge < -0.3 is 14.5 Å². The van der Waals surface area contributed by atoms with Gasteiger partial charge in [0.2, 0.25) is 11.8 Å². The second-order valence-corrected chi connectivity index (χ2v) is 7.71. The second-order valence-electron chi connectivity index (χ2n) is 7.71. The van der Waals surface area contributed by atoms with E-state index in [1.165, 1.54) is 6.20 Å². The maximum absolute atomic E-state index is 12.9. The Morgan fingerprint density at radius 2 is 2.00 bits per heavy atom. The molecule has 2 aliphatic rings. The number of nitrogens with zero attached hydrogens (tertiary/aromatic N) is 4. The normalized spacial score (nSPS) is 18.0. The topological polar surface area (TPSA) is 75.6 Å². The molecule has 152 valence electrons. The number of hydrogen-bond acceptors (Lipinski definition) is 5. The summed E-state index contributed by atoms with van der Waals surface area (Å²) in [5, 5.41) is 0. The molecule has 29 heavy (non-hydrogen) atoms. The van der Waals surface area contributed by atoms with Crippen LogP contribution in [0.5, 0.6) is 11.6 Å². The van der Waals surface area contributed by atoms with Gasteiger partial charge in [0.05, 0.1) is 6.20 Å². The minimum absolute atomic E-state index is 0.0158. The van der Waals surface area contributed by atoms with Crippen LogP contribution < -0.4 is 4.74 Å². The van der Waals surface area contributed by atoms with Gasteiger partial charge in [-0.25, -0.2) is 4.98 Å². The third-order valence-electron chi connectivity index (χ3n) is 5.64. The van der Waals surface area contributed by atoms with Crippen molar-refractivity contribution in [1.29, 1.82) is 0 Å². The molecule has 0 atom stereocenters. The summed E-state index contributed by atoms with van der Waals surface area (Å²) in [5.41, 5.74) is 0.607. The largest absolute Gasteiger partial charge is 0.437 e. The molecule has 2 amide bonds. The first kappa shape index (κ1) is 19.4. The predicted molar refractivity (Wildman–Crippen MR) is 108 cm³/mol. The van der Waals surface area contributed by atoms with Gasteiger partial charge in [0.15, 0.2) is 0 Å². The fraction of sp³-hybridized carbons (Fsp3) is 0.455. The molecule has 4 rings (SSSR count). The third-order valence-corrected chi connectivity index (χ3v) is 5.64. The van der Waals surface area contributed by atoms with Crippen LogP contribution in [0.1, 0.15) is 42.5 Å². The van der Waals surface area contributed by atoms with Gasteiger partial charge in [-0.15, -0.1) is 0 Å². The van der Waals surface area contributed by atoms with Crippen LogP contribution in [0.15, 0.2) is 42.9 Å². The van der Waals surface area contributed by atoms with E-state index in [0.29, 0.717) is 29.5 Å². The highest BCUT2D eigenvalue weighted by Crippen LogP contribution is 2.24. The van der Waals surface area contributed by atoms with Gasteiger partial charge in [0.1, 0.15) is 5.75 Å². The number of ether oxygens (including phenoxy) is 1. The summed E-state index contributed by atoms with van der Waals surface area (Å²) >= 11 is 0. The van der Waals surface area contributed by atoms with E-state index in [-0.39, 0.29) is 11.8 Å². The number of benzene rings is 1. The van der Waals surface area contributed by atoms with Gasteiger partial charge in [-0.2, -0.15) is 0 Å². The molecule has 7 nitrogen and oxygen atoms in total. The quantitative estimate of drug-likeness (QED) is 0.779. The van der Waals surface area contributed by atoms with E-state index >= 15 is 0 Å². The fourth-order valence-corrected chi connectivity index (χ4v) is 4.02. The van der Waals surface area contributed by atoms with Crippen molar-refractivity contribution >= 4 is 11.8 Å². The summed E-state index contributed by atoms with van der Waals surface area (Å²) in [6, 6.07) is 7.17. The van der Waals surface area contributed by atoms with Crippen LogP contribution in [-0.2, 0) is 4.79 Å². The predicted octanol–water partition coefficient (Wildman–Crippen LogP) is 3.13. The number of rotatable bonds is 5. The van der Waals surface area contributed by atoms with E-state index in [2.05, 4.69) is 9.97 Å². The van der Waals surface area contributed by atoms with Crippen molar-refractivity contribution in [3.05, 3.63) is 48.4 Å². The van der Waals surface area contributed by atoms with Gasteiger partial charge >= 0.3 is 0 Å². The maximum atomic E-state index is 12.9. The average molecular weight is 394 g/mol. The van der Waals surface area contributed by atoms with E-state index in [9.17, 15) is 9.59 Å². The highest BCUT2D eigenvalue weighted by atomic mass is 16.5. The van der Waals surface area contributed by atoms with E-state index in [1.807, 2.05) is 21.9 Å². The highest BCUT2D eigenvalue weighted by Gasteiger charge is 2.27. The van der Waals surface area contributed by atoms with Gasteiger partial charge in [0.25, 0.3) is 5.91 Å². The monoisotopic (exact) mass is 394 g/mol. The molecule has 2 aromatic rings. The number of carbonyl (C=O) groups excluding carboxylic acids is 2. The van der Waals surface area contributed by atoms with Crippen molar-refractivity contribution in [3.63, 3.8) is 0 Å². The molecule has 1 aromatic carbocycles.